The zero-order valence-electron chi connectivity index (χ0n) is 13.3. The molecule has 0 aromatic heterocycles. The van der Waals surface area contributed by atoms with Crippen molar-refractivity contribution >= 4 is 17.6 Å². The number of halogens is 1. The zero-order valence-corrected chi connectivity index (χ0v) is 13.3. The van der Waals surface area contributed by atoms with Crippen LogP contribution in [-0.4, -0.2) is 43.4 Å². The van der Waals surface area contributed by atoms with Crippen molar-refractivity contribution in [3.05, 3.63) is 30.1 Å². The minimum atomic E-state index is -0.374. The Morgan fingerprint density at radius 2 is 2.23 bits per heavy atom. The summed E-state index contributed by atoms with van der Waals surface area (Å²) in [5, 5.41) is 5.71. The molecule has 0 aliphatic carbocycles. The van der Waals surface area contributed by atoms with Crippen molar-refractivity contribution in [3.8, 4) is 0 Å². The maximum absolute atomic E-state index is 13.1. The Morgan fingerprint density at radius 1 is 1.45 bits per heavy atom. The number of aliphatic imine (C=N–C) groups is 1. The van der Waals surface area contributed by atoms with E-state index in [2.05, 4.69) is 34.4 Å². The summed E-state index contributed by atoms with van der Waals surface area (Å²) in [5.74, 6) is 0.117. The number of rotatable bonds is 3. The second-order valence-electron chi connectivity index (χ2n) is 6.30. The van der Waals surface area contributed by atoms with Gasteiger partial charge < -0.3 is 15.5 Å². The first-order chi connectivity index (χ1) is 10.4. The van der Waals surface area contributed by atoms with Gasteiger partial charge in [-0.25, -0.2) is 4.39 Å². The first-order valence-electron chi connectivity index (χ1n) is 7.41. The standard InChI is InChI=1S/C16H23FN4O/c1-16(2)7-8-21(11-16)15(18-3)19-10-14(22)20-13-6-4-5-12(17)9-13/h4-6,9H,7-8,10-11H2,1-3H3,(H,18,19)(H,20,22). The Hall–Kier alpha value is -2.11. The number of guanidine groups is 1. The summed E-state index contributed by atoms with van der Waals surface area (Å²) in [6, 6.07) is 5.84. The van der Waals surface area contributed by atoms with Gasteiger partial charge >= 0.3 is 0 Å². The van der Waals surface area contributed by atoms with E-state index in [0.29, 0.717) is 5.69 Å². The lowest BCUT2D eigenvalue weighted by Gasteiger charge is -2.23. The Morgan fingerprint density at radius 3 is 2.82 bits per heavy atom. The topological polar surface area (TPSA) is 56.7 Å². The predicted octanol–water partition coefficient (Wildman–Crippen LogP) is 2.07. The summed E-state index contributed by atoms with van der Waals surface area (Å²) < 4.78 is 13.1. The predicted molar refractivity (Wildman–Crippen MR) is 86.4 cm³/mol. The molecule has 1 aromatic carbocycles. The maximum atomic E-state index is 13.1. The third-order valence-electron chi connectivity index (χ3n) is 3.70. The second-order valence-corrected chi connectivity index (χ2v) is 6.30. The van der Waals surface area contributed by atoms with Crippen LogP contribution < -0.4 is 10.6 Å². The fraction of sp³-hybridized carbons (Fsp3) is 0.500. The van der Waals surface area contributed by atoms with Crippen LogP contribution in [0, 0.1) is 11.2 Å². The number of carbonyl (C=O) groups is 1. The fourth-order valence-electron chi connectivity index (χ4n) is 2.56. The molecular weight excluding hydrogens is 283 g/mol. The van der Waals surface area contributed by atoms with Crippen molar-refractivity contribution in [2.75, 3.05) is 32.0 Å². The molecule has 2 rings (SSSR count). The van der Waals surface area contributed by atoms with Crippen molar-refractivity contribution < 1.29 is 9.18 Å². The van der Waals surface area contributed by atoms with E-state index in [1.165, 1.54) is 12.1 Å². The number of anilines is 1. The molecule has 0 bridgehead atoms. The van der Waals surface area contributed by atoms with E-state index < -0.39 is 0 Å². The second kappa shape index (κ2) is 6.77. The molecule has 1 fully saturated rings. The van der Waals surface area contributed by atoms with Gasteiger partial charge in [-0.1, -0.05) is 19.9 Å². The molecule has 1 amide bonds. The van der Waals surface area contributed by atoms with Crippen molar-refractivity contribution in [1.29, 1.82) is 0 Å². The van der Waals surface area contributed by atoms with Crippen molar-refractivity contribution in [3.63, 3.8) is 0 Å². The molecule has 0 unspecified atom stereocenters. The molecule has 1 aromatic rings. The number of hydrogen-bond acceptors (Lipinski definition) is 2. The summed E-state index contributed by atoms with van der Waals surface area (Å²) in [7, 11) is 1.71. The Balaban J connectivity index is 1.85. The van der Waals surface area contributed by atoms with E-state index in [1.54, 1.807) is 19.2 Å². The van der Waals surface area contributed by atoms with Crippen LogP contribution in [0.4, 0.5) is 10.1 Å². The largest absolute Gasteiger partial charge is 0.347 e. The molecule has 1 aliphatic heterocycles. The number of nitrogens with one attached hydrogen (secondary N) is 2. The number of carbonyl (C=O) groups excluding carboxylic acids is 1. The highest BCUT2D eigenvalue weighted by atomic mass is 19.1. The molecular formula is C16H23FN4O. The van der Waals surface area contributed by atoms with Crippen LogP contribution in [0.3, 0.4) is 0 Å². The number of hydrogen-bond donors (Lipinski definition) is 2. The van der Waals surface area contributed by atoms with E-state index in [9.17, 15) is 9.18 Å². The van der Waals surface area contributed by atoms with E-state index in [1.807, 2.05) is 0 Å². The average molecular weight is 306 g/mol. The van der Waals surface area contributed by atoms with Gasteiger partial charge in [-0.15, -0.1) is 0 Å². The van der Waals surface area contributed by atoms with Gasteiger partial charge in [0.25, 0.3) is 0 Å². The van der Waals surface area contributed by atoms with Crippen LogP contribution in [-0.2, 0) is 4.79 Å². The van der Waals surface area contributed by atoms with E-state index in [4.69, 9.17) is 0 Å². The summed E-state index contributed by atoms with van der Waals surface area (Å²) in [5.41, 5.74) is 0.714. The van der Waals surface area contributed by atoms with Gasteiger partial charge in [-0.3, -0.25) is 9.79 Å². The highest BCUT2D eigenvalue weighted by Gasteiger charge is 2.30. The molecule has 2 N–H and O–H groups in total. The summed E-state index contributed by atoms with van der Waals surface area (Å²) >= 11 is 0. The van der Waals surface area contributed by atoms with E-state index >= 15 is 0 Å². The molecule has 1 saturated heterocycles. The van der Waals surface area contributed by atoms with Gasteiger partial charge in [0.05, 0.1) is 6.54 Å². The normalized spacial score (nSPS) is 17.5. The summed E-state index contributed by atoms with van der Waals surface area (Å²) in [6.07, 6.45) is 1.10. The molecule has 1 heterocycles. The Labute approximate surface area is 130 Å². The molecule has 6 heteroatoms. The third-order valence-corrected chi connectivity index (χ3v) is 3.70. The lowest BCUT2D eigenvalue weighted by Crippen LogP contribution is -2.43. The van der Waals surface area contributed by atoms with Gasteiger partial charge in [0.15, 0.2) is 5.96 Å². The van der Waals surface area contributed by atoms with Gasteiger partial charge in [0.1, 0.15) is 5.82 Å². The molecule has 1 aliphatic rings. The van der Waals surface area contributed by atoms with Crippen LogP contribution in [0.2, 0.25) is 0 Å². The van der Waals surface area contributed by atoms with Gasteiger partial charge in [-0.2, -0.15) is 0 Å². The molecule has 0 spiro atoms. The molecule has 0 atom stereocenters. The smallest absolute Gasteiger partial charge is 0.243 e. The van der Waals surface area contributed by atoms with E-state index in [-0.39, 0.29) is 23.7 Å². The first-order valence-corrected chi connectivity index (χ1v) is 7.41. The summed E-state index contributed by atoms with van der Waals surface area (Å²) in [6.45, 7) is 6.38. The van der Waals surface area contributed by atoms with Crippen molar-refractivity contribution in [2.24, 2.45) is 10.4 Å². The molecule has 0 radical (unpaired) electrons. The lowest BCUT2D eigenvalue weighted by atomic mass is 9.93. The molecule has 0 saturated carbocycles. The molecule has 120 valence electrons. The summed E-state index contributed by atoms with van der Waals surface area (Å²) in [4.78, 5) is 18.3. The molecule has 5 nitrogen and oxygen atoms in total. The SMILES string of the molecule is CN=C(NCC(=O)Nc1cccc(F)c1)N1CCC(C)(C)C1. The monoisotopic (exact) mass is 306 g/mol. The van der Waals surface area contributed by atoms with Crippen molar-refractivity contribution in [2.45, 2.75) is 20.3 Å². The Bertz CT molecular complexity index is 571. The van der Waals surface area contributed by atoms with Gasteiger partial charge in [-0.05, 0) is 30.0 Å². The van der Waals surface area contributed by atoms with E-state index in [0.717, 1.165) is 25.5 Å². The van der Waals surface area contributed by atoms with Crippen molar-refractivity contribution in [1.82, 2.24) is 10.2 Å². The minimum absolute atomic E-state index is 0.0973. The van der Waals surface area contributed by atoms with Crippen LogP contribution in [0.25, 0.3) is 0 Å². The minimum Gasteiger partial charge on any atom is -0.347 e. The van der Waals surface area contributed by atoms with Crippen LogP contribution >= 0.6 is 0 Å². The number of likely N-dealkylation sites (tertiary alicyclic amines) is 1. The Kier molecular flexibility index (Phi) is 5.00. The molecule has 22 heavy (non-hydrogen) atoms. The average Bonchev–Trinajstić information content (AvgIpc) is 2.80. The van der Waals surface area contributed by atoms with Crippen LogP contribution in [0.1, 0.15) is 20.3 Å². The fourth-order valence-corrected chi connectivity index (χ4v) is 2.56. The highest BCUT2D eigenvalue weighted by molar-refractivity contribution is 5.95. The number of amides is 1. The van der Waals surface area contributed by atoms with Gasteiger partial charge in [0.2, 0.25) is 5.91 Å². The lowest BCUT2D eigenvalue weighted by molar-refractivity contribution is -0.115. The van der Waals surface area contributed by atoms with Crippen LogP contribution in [0.5, 0.6) is 0 Å². The van der Waals surface area contributed by atoms with Gasteiger partial charge in [0, 0.05) is 25.8 Å². The quantitative estimate of drug-likeness (QED) is 0.664. The highest BCUT2D eigenvalue weighted by Crippen LogP contribution is 2.28. The maximum Gasteiger partial charge on any atom is 0.243 e. The third kappa shape index (κ3) is 4.44. The van der Waals surface area contributed by atoms with Crippen LogP contribution in [0.15, 0.2) is 29.3 Å². The first kappa shape index (κ1) is 16.3. The zero-order chi connectivity index (χ0) is 16.2. The number of nitrogens with zero attached hydrogens (tertiary/aromatic N) is 2. The number of benzene rings is 1.